The molecular formula is C27H46O3. The van der Waals surface area contributed by atoms with Crippen molar-refractivity contribution in [3.05, 3.63) is 35.4 Å². The van der Waals surface area contributed by atoms with Gasteiger partial charge in [-0.05, 0) is 30.4 Å². The van der Waals surface area contributed by atoms with Gasteiger partial charge < -0.3 is 10.2 Å². The first-order valence-corrected chi connectivity index (χ1v) is 12.5. The quantitative estimate of drug-likeness (QED) is 0.250. The number of unbranched alkanes of at least 4 members (excludes halogenated alkanes) is 10. The largest absolute Gasteiger partial charge is 0.396 e. The molecule has 3 heteroatoms. The standard InChI is InChI=1S/C27H46O3/c1-3-5-6-7-8-9-10-11-12-13-14-15-26(29)27(30,21-4-2)23-25-18-16-24(17-19-25)20-22-28/h16-19,28,30H,3-15,20-23H2,1-2H3. The molecule has 1 aromatic carbocycles. The normalized spacial score (nSPS) is 13.3. The Morgan fingerprint density at radius 2 is 1.27 bits per heavy atom. The van der Waals surface area contributed by atoms with Gasteiger partial charge in [-0.2, -0.15) is 0 Å². The second kappa shape index (κ2) is 16.5. The van der Waals surface area contributed by atoms with Gasteiger partial charge in [-0.15, -0.1) is 0 Å². The van der Waals surface area contributed by atoms with Crippen LogP contribution in [0.1, 0.15) is 115 Å². The van der Waals surface area contributed by atoms with E-state index in [2.05, 4.69) is 6.92 Å². The van der Waals surface area contributed by atoms with Crippen LogP contribution in [-0.4, -0.2) is 28.2 Å². The smallest absolute Gasteiger partial charge is 0.164 e. The molecule has 0 radical (unpaired) electrons. The molecule has 0 aliphatic heterocycles. The van der Waals surface area contributed by atoms with Gasteiger partial charge in [0.25, 0.3) is 0 Å². The van der Waals surface area contributed by atoms with Crippen molar-refractivity contribution >= 4 is 5.78 Å². The van der Waals surface area contributed by atoms with Gasteiger partial charge >= 0.3 is 0 Å². The fourth-order valence-corrected chi connectivity index (χ4v) is 4.21. The number of hydrogen-bond acceptors (Lipinski definition) is 3. The molecule has 0 aliphatic carbocycles. The minimum atomic E-state index is -1.24. The molecule has 3 nitrogen and oxygen atoms in total. The number of benzene rings is 1. The highest BCUT2D eigenvalue weighted by atomic mass is 16.3. The highest BCUT2D eigenvalue weighted by molar-refractivity contribution is 5.87. The Bertz CT molecular complexity index is 552. The molecule has 0 heterocycles. The number of aliphatic hydroxyl groups is 2. The SMILES string of the molecule is CCCCCCCCCCCCCC(=O)C(O)(CCC)Cc1ccc(CCO)cc1. The second-order valence-corrected chi connectivity index (χ2v) is 8.96. The lowest BCUT2D eigenvalue weighted by Crippen LogP contribution is -2.40. The maximum absolute atomic E-state index is 12.8. The average Bonchev–Trinajstić information content (AvgIpc) is 2.73. The first kappa shape index (κ1) is 26.8. The molecule has 172 valence electrons. The predicted octanol–water partition coefficient (Wildman–Crippen LogP) is 6.57. The lowest BCUT2D eigenvalue weighted by molar-refractivity contribution is -0.138. The molecular weight excluding hydrogens is 372 g/mol. The topological polar surface area (TPSA) is 57.5 Å². The predicted molar refractivity (Wildman–Crippen MR) is 127 cm³/mol. The number of hydrogen-bond donors (Lipinski definition) is 2. The van der Waals surface area contributed by atoms with Gasteiger partial charge in [-0.1, -0.05) is 109 Å². The molecule has 1 aromatic rings. The van der Waals surface area contributed by atoms with Crippen LogP contribution < -0.4 is 0 Å². The lowest BCUT2D eigenvalue weighted by Gasteiger charge is -2.27. The van der Waals surface area contributed by atoms with E-state index in [-0.39, 0.29) is 12.4 Å². The Kier molecular flexibility index (Phi) is 14.8. The van der Waals surface area contributed by atoms with E-state index in [1.54, 1.807) is 0 Å². The Morgan fingerprint density at radius 3 is 1.77 bits per heavy atom. The highest BCUT2D eigenvalue weighted by Crippen LogP contribution is 2.24. The van der Waals surface area contributed by atoms with Crippen LogP contribution in [0.5, 0.6) is 0 Å². The van der Waals surface area contributed by atoms with Crippen LogP contribution in [0.15, 0.2) is 24.3 Å². The summed E-state index contributed by atoms with van der Waals surface area (Å²) in [6.07, 6.45) is 16.7. The van der Waals surface area contributed by atoms with Crippen LogP contribution in [0.4, 0.5) is 0 Å². The molecule has 1 atom stereocenters. The Balaban J connectivity index is 2.30. The Morgan fingerprint density at radius 1 is 0.767 bits per heavy atom. The molecule has 1 unspecified atom stereocenters. The van der Waals surface area contributed by atoms with Crippen LogP contribution in [-0.2, 0) is 17.6 Å². The summed E-state index contributed by atoms with van der Waals surface area (Å²) < 4.78 is 0. The molecule has 30 heavy (non-hydrogen) atoms. The minimum absolute atomic E-state index is 0.000270. The van der Waals surface area contributed by atoms with E-state index >= 15 is 0 Å². The van der Waals surface area contributed by atoms with Crippen molar-refractivity contribution in [2.45, 2.75) is 122 Å². The van der Waals surface area contributed by atoms with E-state index in [0.717, 1.165) is 30.4 Å². The first-order valence-electron chi connectivity index (χ1n) is 12.5. The van der Waals surface area contributed by atoms with Crippen molar-refractivity contribution in [1.82, 2.24) is 0 Å². The third kappa shape index (κ3) is 11.3. The van der Waals surface area contributed by atoms with Gasteiger partial charge in [0.2, 0.25) is 0 Å². The van der Waals surface area contributed by atoms with E-state index < -0.39 is 5.60 Å². The summed E-state index contributed by atoms with van der Waals surface area (Å²) in [5, 5.41) is 20.1. The first-order chi connectivity index (χ1) is 14.6. The van der Waals surface area contributed by atoms with Crippen molar-refractivity contribution in [2.24, 2.45) is 0 Å². The number of carbonyl (C=O) groups is 1. The fraction of sp³-hybridized carbons (Fsp3) is 0.741. The van der Waals surface area contributed by atoms with Crippen molar-refractivity contribution in [3.8, 4) is 0 Å². The molecule has 0 bridgehead atoms. The summed E-state index contributed by atoms with van der Waals surface area (Å²) in [5.41, 5.74) is 0.818. The second-order valence-electron chi connectivity index (χ2n) is 8.96. The third-order valence-corrected chi connectivity index (χ3v) is 6.11. The molecule has 0 fully saturated rings. The zero-order valence-electron chi connectivity index (χ0n) is 19.6. The molecule has 0 saturated carbocycles. The molecule has 2 N–H and O–H groups in total. The summed E-state index contributed by atoms with van der Waals surface area (Å²) in [7, 11) is 0. The number of rotatable bonds is 19. The molecule has 0 aliphatic rings. The summed E-state index contributed by atoms with van der Waals surface area (Å²) in [5.74, 6) is -0.000270. The van der Waals surface area contributed by atoms with Crippen LogP contribution in [0.3, 0.4) is 0 Å². The average molecular weight is 419 g/mol. The molecule has 0 spiro atoms. The van der Waals surface area contributed by atoms with Gasteiger partial charge in [0, 0.05) is 19.4 Å². The van der Waals surface area contributed by atoms with Crippen LogP contribution in [0, 0.1) is 0 Å². The lowest BCUT2D eigenvalue weighted by atomic mass is 9.84. The zero-order chi connectivity index (χ0) is 22.1. The van der Waals surface area contributed by atoms with E-state index in [4.69, 9.17) is 5.11 Å². The van der Waals surface area contributed by atoms with Gasteiger partial charge in [0.1, 0.15) is 5.60 Å². The molecule has 0 amide bonds. The van der Waals surface area contributed by atoms with E-state index in [1.807, 2.05) is 31.2 Å². The van der Waals surface area contributed by atoms with Crippen LogP contribution in [0.25, 0.3) is 0 Å². The minimum Gasteiger partial charge on any atom is -0.396 e. The van der Waals surface area contributed by atoms with E-state index in [1.165, 1.54) is 57.8 Å². The number of carbonyl (C=O) groups excluding carboxylic acids is 1. The van der Waals surface area contributed by atoms with E-state index in [0.29, 0.717) is 25.7 Å². The maximum atomic E-state index is 12.8. The monoisotopic (exact) mass is 418 g/mol. The van der Waals surface area contributed by atoms with Gasteiger partial charge in [0.05, 0.1) is 0 Å². The van der Waals surface area contributed by atoms with Gasteiger partial charge in [0.15, 0.2) is 5.78 Å². The zero-order valence-corrected chi connectivity index (χ0v) is 19.6. The maximum Gasteiger partial charge on any atom is 0.164 e. The van der Waals surface area contributed by atoms with Crippen molar-refractivity contribution < 1.29 is 15.0 Å². The van der Waals surface area contributed by atoms with Crippen molar-refractivity contribution in [3.63, 3.8) is 0 Å². The summed E-state index contributed by atoms with van der Waals surface area (Å²) in [6.45, 7) is 4.41. The Hall–Kier alpha value is -1.19. The summed E-state index contributed by atoms with van der Waals surface area (Å²) in [4.78, 5) is 12.8. The Labute approximate surface area is 185 Å². The van der Waals surface area contributed by atoms with Crippen LogP contribution >= 0.6 is 0 Å². The number of ketones is 1. The number of Topliss-reactive ketones (excluding diaryl/α,β-unsaturated/α-hetero) is 1. The molecule has 1 rings (SSSR count). The van der Waals surface area contributed by atoms with Gasteiger partial charge in [-0.25, -0.2) is 0 Å². The summed E-state index contributed by atoms with van der Waals surface area (Å²) >= 11 is 0. The van der Waals surface area contributed by atoms with Crippen molar-refractivity contribution in [2.75, 3.05) is 6.61 Å². The number of aliphatic hydroxyl groups excluding tert-OH is 1. The highest BCUT2D eigenvalue weighted by Gasteiger charge is 2.34. The van der Waals surface area contributed by atoms with Gasteiger partial charge in [-0.3, -0.25) is 4.79 Å². The molecule has 0 saturated heterocycles. The third-order valence-electron chi connectivity index (χ3n) is 6.11. The fourth-order valence-electron chi connectivity index (χ4n) is 4.21. The summed E-state index contributed by atoms with van der Waals surface area (Å²) in [6, 6.07) is 7.90. The van der Waals surface area contributed by atoms with Crippen molar-refractivity contribution in [1.29, 1.82) is 0 Å². The van der Waals surface area contributed by atoms with Crippen LogP contribution in [0.2, 0.25) is 0 Å². The van der Waals surface area contributed by atoms with E-state index in [9.17, 15) is 9.90 Å². The molecule has 0 aromatic heterocycles.